The normalized spacial score (nSPS) is 14.0. The minimum Gasteiger partial charge on any atom is -0.493 e. The van der Waals surface area contributed by atoms with Crippen molar-refractivity contribution in [3.63, 3.8) is 0 Å². The molecule has 0 saturated carbocycles. The van der Waals surface area contributed by atoms with Gasteiger partial charge < -0.3 is 19.7 Å². The topological polar surface area (TPSA) is 76.6 Å². The van der Waals surface area contributed by atoms with Crippen LogP contribution in [0, 0.1) is 6.92 Å². The third kappa shape index (κ3) is 4.67. The zero-order chi connectivity index (χ0) is 19.2. The van der Waals surface area contributed by atoms with Crippen LogP contribution in [0.25, 0.3) is 0 Å². The molecule has 7 heteroatoms. The average molecular weight is 370 g/mol. The van der Waals surface area contributed by atoms with E-state index >= 15 is 0 Å². The third-order valence-electron chi connectivity index (χ3n) is 4.62. The van der Waals surface area contributed by atoms with Gasteiger partial charge in [0.2, 0.25) is 0 Å². The molecular weight excluding hydrogens is 344 g/mol. The Morgan fingerprint density at radius 3 is 2.52 bits per heavy atom. The van der Waals surface area contributed by atoms with Gasteiger partial charge in [0.1, 0.15) is 11.6 Å². The van der Waals surface area contributed by atoms with Crippen LogP contribution in [0.5, 0.6) is 11.5 Å². The van der Waals surface area contributed by atoms with E-state index in [1.54, 1.807) is 32.4 Å². The number of aromatic nitrogens is 2. The van der Waals surface area contributed by atoms with Crippen molar-refractivity contribution in [1.29, 1.82) is 0 Å². The summed E-state index contributed by atoms with van der Waals surface area (Å²) in [5.41, 5.74) is 1.40. The highest BCUT2D eigenvalue weighted by Gasteiger charge is 2.15. The monoisotopic (exact) mass is 370 g/mol. The number of ether oxygens (including phenoxy) is 2. The summed E-state index contributed by atoms with van der Waals surface area (Å²) in [6.45, 7) is 4.27. The van der Waals surface area contributed by atoms with Crippen LogP contribution < -0.4 is 19.7 Å². The lowest BCUT2D eigenvalue weighted by molar-refractivity contribution is 0.0949. The number of aryl methyl sites for hydroxylation is 1. The van der Waals surface area contributed by atoms with Gasteiger partial charge in [-0.25, -0.2) is 9.97 Å². The van der Waals surface area contributed by atoms with Gasteiger partial charge in [-0.2, -0.15) is 0 Å². The molecule has 1 saturated heterocycles. The van der Waals surface area contributed by atoms with Gasteiger partial charge in [-0.15, -0.1) is 0 Å². The number of carbonyl (C=O) groups is 1. The highest BCUT2D eigenvalue weighted by atomic mass is 16.5. The number of rotatable bonds is 6. The van der Waals surface area contributed by atoms with Crippen LogP contribution in [0.4, 0.5) is 5.82 Å². The Hall–Kier alpha value is -2.83. The van der Waals surface area contributed by atoms with Gasteiger partial charge >= 0.3 is 0 Å². The smallest absolute Gasteiger partial charge is 0.251 e. The first-order valence-electron chi connectivity index (χ1n) is 9.20. The maximum atomic E-state index is 12.5. The first kappa shape index (κ1) is 18.9. The summed E-state index contributed by atoms with van der Waals surface area (Å²) < 4.78 is 10.5. The summed E-state index contributed by atoms with van der Waals surface area (Å²) in [4.78, 5) is 23.9. The largest absolute Gasteiger partial charge is 0.493 e. The van der Waals surface area contributed by atoms with Crippen molar-refractivity contribution >= 4 is 11.7 Å². The maximum Gasteiger partial charge on any atom is 0.251 e. The number of methoxy groups -OCH3 is 2. The fourth-order valence-electron chi connectivity index (χ4n) is 3.22. The Morgan fingerprint density at radius 2 is 1.81 bits per heavy atom. The predicted octanol–water partition coefficient (Wildman–Crippen LogP) is 2.72. The van der Waals surface area contributed by atoms with Crippen molar-refractivity contribution in [2.75, 3.05) is 32.2 Å². The van der Waals surface area contributed by atoms with Crippen molar-refractivity contribution in [2.45, 2.75) is 32.7 Å². The van der Waals surface area contributed by atoms with E-state index in [0.717, 1.165) is 24.6 Å². The van der Waals surface area contributed by atoms with Crippen LogP contribution in [0.3, 0.4) is 0 Å². The van der Waals surface area contributed by atoms with Crippen molar-refractivity contribution in [1.82, 2.24) is 15.3 Å². The summed E-state index contributed by atoms with van der Waals surface area (Å²) in [5, 5.41) is 2.88. The highest BCUT2D eigenvalue weighted by Crippen LogP contribution is 2.27. The van der Waals surface area contributed by atoms with Crippen molar-refractivity contribution in [3.8, 4) is 11.5 Å². The summed E-state index contributed by atoms with van der Waals surface area (Å²) in [6.07, 6.45) is 3.65. The Balaban J connectivity index is 1.69. The summed E-state index contributed by atoms with van der Waals surface area (Å²) >= 11 is 0. The van der Waals surface area contributed by atoms with E-state index in [-0.39, 0.29) is 12.5 Å². The van der Waals surface area contributed by atoms with E-state index in [4.69, 9.17) is 9.47 Å². The van der Waals surface area contributed by atoms with Crippen LogP contribution in [0.15, 0.2) is 24.3 Å². The summed E-state index contributed by atoms with van der Waals surface area (Å²) in [7, 11) is 3.11. The van der Waals surface area contributed by atoms with Crippen molar-refractivity contribution in [3.05, 3.63) is 41.3 Å². The first-order chi connectivity index (χ1) is 13.1. The predicted molar refractivity (Wildman–Crippen MR) is 104 cm³/mol. The lowest BCUT2D eigenvalue weighted by Gasteiger charge is -2.28. The van der Waals surface area contributed by atoms with E-state index < -0.39 is 0 Å². The number of anilines is 1. The molecule has 0 spiro atoms. The van der Waals surface area contributed by atoms with E-state index in [0.29, 0.717) is 22.9 Å². The number of nitrogens with one attached hydrogen (secondary N) is 1. The zero-order valence-corrected chi connectivity index (χ0v) is 16.1. The van der Waals surface area contributed by atoms with Crippen molar-refractivity contribution in [2.24, 2.45) is 0 Å². The molecule has 2 aromatic rings. The fourth-order valence-corrected chi connectivity index (χ4v) is 3.22. The molecule has 27 heavy (non-hydrogen) atoms. The Kier molecular flexibility index (Phi) is 6.11. The number of hydrogen-bond donors (Lipinski definition) is 1. The fraction of sp³-hybridized carbons (Fsp3) is 0.450. The molecule has 0 bridgehead atoms. The molecule has 7 nitrogen and oxygen atoms in total. The van der Waals surface area contributed by atoms with Gasteiger partial charge in [0.25, 0.3) is 5.91 Å². The molecule has 1 aliphatic rings. The quantitative estimate of drug-likeness (QED) is 0.843. The maximum absolute atomic E-state index is 12.5. The van der Waals surface area contributed by atoms with Gasteiger partial charge in [0, 0.05) is 30.4 Å². The van der Waals surface area contributed by atoms with E-state index in [1.165, 1.54) is 19.3 Å². The van der Waals surface area contributed by atoms with Crippen LogP contribution >= 0.6 is 0 Å². The summed E-state index contributed by atoms with van der Waals surface area (Å²) in [5.74, 6) is 2.45. The number of nitrogens with zero attached hydrogens (tertiary/aromatic N) is 3. The number of carbonyl (C=O) groups excluding carboxylic acids is 1. The molecule has 0 atom stereocenters. The third-order valence-corrected chi connectivity index (χ3v) is 4.62. The lowest BCUT2D eigenvalue weighted by atomic mass is 10.1. The second-order valence-corrected chi connectivity index (χ2v) is 6.58. The molecular formula is C20H26N4O3. The van der Waals surface area contributed by atoms with Gasteiger partial charge in [0.15, 0.2) is 11.5 Å². The van der Waals surface area contributed by atoms with Gasteiger partial charge in [-0.3, -0.25) is 4.79 Å². The molecule has 144 valence electrons. The average Bonchev–Trinajstić information content (AvgIpc) is 2.71. The van der Waals surface area contributed by atoms with Crippen molar-refractivity contribution < 1.29 is 14.3 Å². The van der Waals surface area contributed by atoms with E-state index in [9.17, 15) is 4.79 Å². The molecule has 0 radical (unpaired) electrons. The second kappa shape index (κ2) is 8.70. The van der Waals surface area contributed by atoms with Gasteiger partial charge in [-0.1, -0.05) is 0 Å². The van der Waals surface area contributed by atoms with Crippen LogP contribution in [0.2, 0.25) is 0 Å². The Labute approximate surface area is 159 Å². The van der Waals surface area contributed by atoms with Gasteiger partial charge in [0.05, 0.1) is 20.8 Å². The molecule has 1 aliphatic heterocycles. The second-order valence-electron chi connectivity index (χ2n) is 6.58. The Bertz CT molecular complexity index is 804. The lowest BCUT2D eigenvalue weighted by Crippen LogP contribution is -2.31. The molecule has 1 amide bonds. The molecule has 1 fully saturated rings. The molecule has 1 aromatic carbocycles. The van der Waals surface area contributed by atoms with Crippen LogP contribution in [-0.4, -0.2) is 43.2 Å². The number of benzene rings is 1. The SMILES string of the molecule is COc1ccc(C(=O)NCc2nc(C)cc(N3CCCCC3)n2)cc1OC. The number of piperidine rings is 1. The molecule has 0 aliphatic carbocycles. The minimum atomic E-state index is -0.208. The minimum absolute atomic E-state index is 0.208. The molecule has 3 rings (SSSR count). The van der Waals surface area contributed by atoms with Crippen LogP contribution in [0.1, 0.15) is 41.1 Å². The van der Waals surface area contributed by atoms with E-state index in [1.807, 2.05) is 13.0 Å². The summed E-state index contributed by atoms with van der Waals surface area (Å²) in [6, 6.07) is 7.08. The van der Waals surface area contributed by atoms with E-state index in [2.05, 4.69) is 20.2 Å². The first-order valence-corrected chi connectivity index (χ1v) is 9.20. The highest BCUT2D eigenvalue weighted by molar-refractivity contribution is 5.94. The van der Waals surface area contributed by atoms with Gasteiger partial charge in [-0.05, 0) is 44.4 Å². The number of amides is 1. The molecule has 1 aromatic heterocycles. The molecule has 2 heterocycles. The molecule has 0 unspecified atom stereocenters. The standard InChI is InChI=1S/C20H26N4O3/c1-14-11-19(24-9-5-4-6-10-24)23-18(22-14)13-21-20(25)15-7-8-16(26-2)17(12-15)27-3/h7-8,11-12H,4-6,9-10,13H2,1-3H3,(H,21,25). The Morgan fingerprint density at radius 1 is 1.07 bits per heavy atom. The van der Waals surface area contributed by atoms with Crippen LogP contribution in [-0.2, 0) is 6.54 Å². The zero-order valence-electron chi connectivity index (χ0n) is 16.1. The number of hydrogen-bond acceptors (Lipinski definition) is 6. The molecule has 1 N–H and O–H groups in total.